The molecule has 0 aromatic rings. The van der Waals surface area contributed by atoms with Gasteiger partial charge in [0.25, 0.3) is 0 Å². The van der Waals surface area contributed by atoms with Gasteiger partial charge in [-0.15, -0.1) is 0 Å². The molecule has 2 fully saturated rings. The molecule has 3 unspecified atom stereocenters. The van der Waals surface area contributed by atoms with E-state index in [2.05, 4.69) is 13.8 Å². The van der Waals surface area contributed by atoms with Crippen LogP contribution in [0.4, 0.5) is 8.78 Å². The normalized spacial score (nSPS) is 24.1. The van der Waals surface area contributed by atoms with Gasteiger partial charge in [-0.2, -0.15) is 0 Å². The predicted molar refractivity (Wildman–Crippen MR) is 94.0 cm³/mol. The van der Waals surface area contributed by atoms with Gasteiger partial charge >= 0.3 is 0 Å². The summed E-state index contributed by atoms with van der Waals surface area (Å²) in [6.07, 6.45) is 7.70. The standard InChI is InChI=1S/C20H35F2NO/c1-14(11-19(24)23(3)4)5-7-17(18-12-20(21,22)13-18)8-6-15(2)16-9-10-16/h14-18H,5-13H2,1-4H3. The smallest absolute Gasteiger partial charge is 0.248 e. The Morgan fingerprint density at radius 1 is 1.04 bits per heavy atom. The molecule has 2 saturated carbocycles. The number of hydrogen-bond acceptors (Lipinski definition) is 1. The van der Waals surface area contributed by atoms with Crippen LogP contribution >= 0.6 is 0 Å². The molecule has 0 aromatic heterocycles. The number of nitrogens with zero attached hydrogens (tertiary/aromatic N) is 1. The van der Waals surface area contributed by atoms with Crippen molar-refractivity contribution in [2.45, 2.75) is 77.6 Å². The second kappa shape index (κ2) is 8.14. The highest BCUT2D eigenvalue weighted by atomic mass is 19.3. The molecule has 0 aromatic carbocycles. The van der Waals surface area contributed by atoms with Crippen LogP contribution in [-0.2, 0) is 4.79 Å². The minimum absolute atomic E-state index is 0.0838. The Hall–Kier alpha value is -0.670. The third kappa shape index (κ3) is 6.00. The number of hydrogen-bond donors (Lipinski definition) is 0. The van der Waals surface area contributed by atoms with Crippen LogP contribution in [0.25, 0.3) is 0 Å². The number of alkyl halides is 2. The highest BCUT2D eigenvalue weighted by Crippen LogP contribution is 2.49. The van der Waals surface area contributed by atoms with Crippen molar-refractivity contribution in [3.63, 3.8) is 0 Å². The van der Waals surface area contributed by atoms with E-state index in [1.165, 1.54) is 19.3 Å². The molecular formula is C20H35F2NO. The first-order chi connectivity index (χ1) is 11.2. The molecule has 1 amide bonds. The van der Waals surface area contributed by atoms with Gasteiger partial charge in [-0.1, -0.05) is 20.3 Å². The van der Waals surface area contributed by atoms with Crippen molar-refractivity contribution in [2.24, 2.45) is 29.6 Å². The molecule has 0 heterocycles. The van der Waals surface area contributed by atoms with Gasteiger partial charge in [0.15, 0.2) is 0 Å². The van der Waals surface area contributed by atoms with E-state index in [0.717, 1.165) is 31.1 Å². The first-order valence-electron chi connectivity index (χ1n) is 9.76. The summed E-state index contributed by atoms with van der Waals surface area (Å²) in [7, 11) is 3.57. The fourth-order valence-electron chi connectivity index (χ4n) is 4.12. The fourth-order valence-corrected chi connectivity index (χ4v) is 4.12. The summed E-state index contributed by atoms with van der Waals surface area (Å²) in [5, 5.41) is 0. The molecule has 3 atom stereocenters. The van der Waals surface area contributed by atoms with Gasteiger partial charge in [0.2, 0.25) is 11.8 Å². The third-order valence-corrected chi connectivity index (χ3v) is 6.26. The second-order valence-corrected chi connectivity index (χ2v) is 8.85. The van der Waals surface area contributed by atoms with Crippen molar-refractivity contribution < 1.29 is 13.6 Å². The summed E-state index contributed by atoms with van der Waals surface area (Å²) >= 11 is 0. The molecule has 0 N–H and O–H groups in total. The van der Waals surface area contributed by atoms with Crippen molar-refractivity contribution >= 4 is 5.91 Å². The van der Waals surface area contributed by atoms with Crippen molar-refractivity contribution in [1.29, 1.82) is 0 Å². The van der Waals surface area contributed by atoms with Crippen molar-refractivity contribution in [2.75, 3.05) is 14.1 Å². The molecule has 2 aliphatic rings. The monoisotopic (exact) mass is 343 g/mol. The molecule has 2 nitrogen and oxygen atoms in total. The first kappa shape index (κ1) is 19.7. The molecule has 4 heteroatoms. The van der Waals surface area contributed by atoms with Gasteiger partial charge in [-0.3, -0.25) is 4.79 Å². The summed E-state index contributed by atoms with van der Waals surface area (Å²) in [6.45, 7) is 4.43. The lowest BCUT2D eigenvalue weighted by Gasteiger charge is -2.41. The highest BCUT2D eigenvalue weighted by molar-refractivity contribution is 5.75. The first-order valence-corrected chi connectivity index (χ1v) is 9.76. The highest BCUT2D eigenvalue weighted by Gasteiger charge is 2.48. The van der Waals surface area contributed by atoms with Crippen LogP contribution in [0.15, 0.2) is 0 Å². The second-order valence-electron chi connectivity index (χ2n) is 8.85. The number of carbonyl (C=O) groups excluding carboxylic acids is 1. The third-order valence-electron chi connectivity index (χ3n) is 6.26. The lowest BCUT2D eigenvalue weighted by atomic mass is 9.69. The van der Waals surface area contributed by atoms with E-state index in [0.29, 0.717) is 18.3 Å². The van der Waals surface area contributed by atoms with Crippen molar-refractivity contribution in [3.05, 3.63) is 0 Å². The van der Waals surface area contributed by atoms with Crippen molar-refractivity contribution in [3.8, 4) is 0 Å². The van der Waals surface area contributed by atoms with E-state index < -0.39 is 5.92 Å². The van der Waals surface area contributed by atoms with Crippen LogP contribution in [-0.4, -0.2) is 30.8 Å². The van der Waals surface area contributed by atoms with E-state index in [4.69, 9.17) is 0 Å². The minimum Gasteiger partial charge on any atom is -0.349 e. The zero-order chi connectivity index (χ0) is 17.9. The zero-order valence-electron chi connectivity index (χ0n) is 15.9. The Bertz CT molecular complexity index is 412. The van der Waals surface area contributed by atoms with Crippen LogP contribution in [0.1, 0.15) is 71.6 Å². The number of carbonyl (C=O) groups is 1. The average molecular weight is 344 g/mol. The lowest BCUT2D eigenvalue weighted by Crippen LogP contribution is -2.40. The van der Waals surface area contributed by atoms with Gasteiger partial charge < -0.3 is 4.90 Å². The van der Waals surface area contributed by atoms with Gasteiger partial charge in [0, 0.05) is 33.4 Å². The zero-order valence-corrected chi connectivity index (χ0v) is 15.9. The number of amides is 1. The topological polar surface area (TPSA) is 20.3 Å². The van der Waals surface area contributed by atoms with E-state index in [1.807, 2.05) is 0 Å². The Morgan fingerprint density at radius 2 is 1.62 bits per heavy atom. The molecule has 0 saturated heterocycles. The van der Waals surface area contributed by atoms with Crippen molar-refractivity contribution in [1.82, 2.24) is 4.90 Å². The summed E-state index contributed by atoms with van der Waals surface area (Å²) in [6, 6.07) is 0. The van der Waals surface area contributed by atoms with Gasteiger partial charge in [0.05, 0.1) is 0 Å². The van der Waals surface area contributed by atoms with E-state index >= 15 is 0 Å². The average Bonchev–Trinajstić information content (AvgIpc) is 3.29. The molecule has 140 valence electrons. The maximum Gasteiger partial charge on any atom is 0.248 e. The van der Waals surface area contributed by atoms with Gasteiger partial charge in [0.1, 0.15) is 0 Å². The van der Waals surface area contributed by atoms with Crippen LogP contribution in [0.5, 0.6) is 0 Å². The summed E-state index contributed by atoms with van der Waals surface area (Å²) in [4.78, 5) is 13.4. The molecular weight excluding hydrogens is 308 g/mol. The fraction of sp³-hybridized carbons (Fsp3) is 0.950. The van der Waals surface area contributed by atoms with Crippen LogP contribution in [0, 0.1) is 29.6 Å². The largest absolute Gasteiger partial charge is 0.349 e. The molecule has 0 spiro atoms. The summed E-state index contributed by atoms with van der Waals surface area (Å²) in [5.74, 6) is 0.342. The Morgan fingerprint density at radius 3 is 2.12 bits per heavy atom. The number of rotatable bonds is 10. The Balaban J connectivity index is 1.77. The molecule has 0 radical (unpaired) electrons. The molecule has 2 aliphatic carbocycles. The van der Waals surface area contributed by atoms with E-state index in [-0.39, 0.29) is 24.7 Å². The quantitative estimate of drug-likeness (QED) is 0.522. The molecule has 0 aliphatic heterocycles. The van der Waals surface area contributed by atoms with Crippen LogP contribution < -0.4 is 0 Å². The maximum atomic E-state index is 13.3. The lowest BCUT2D eigenvalue weighted by molar-refractivity contribution is -0.130. The molecule has 2 rings (SSSR count). The molecule has 24 heavy (non-hydrogen) atoms. The van der Waals surface area contributed by atoms with Crippen LogP contribution in [0.2, 0.25) is 0 Å². The van der Waals surface area contributed by atoms with Gasteiger partial charge in [-0.05, 0) is 61.7 Å². The van der Waals surface area contributed by atoms with E-state index in [1.54, 1.807) is 19.0 Å². The minimum atomic E-state index is -2.42. The Labute approximate surface area is 146 Å². The van der Waals surface area contributed by atoms with Crippen LogP contribution in [0.3, 0.4) is 0 Å². The summed E-state index contributed by atoms with van der Waals surface area (Å²) in [5.41, 5.74) is 0. The van der Waals surface area contributed by atoms with E-state index in [9.17, 15) is 13.6 Å². The van der Waals surface area contributed by atoms with Gasteiger partial charge in [-0.25, -0.2) is 8.78 Å². The Kier molecular flexibility index (Phi) is 6.66. The summed E-state index contributed by atoms with van der Waals surface area (Å²) < 4.78 is 26.6. The molecule has 0 bridgehead atoms. The predicted octanol–water partition coefficient (Wildman–Crippen LogP) is 5.37. The number of halogens is 2. The SMILES string of the molecule is CC(CCC(CCC(C)C1CC1)C1CC(F)(F)C1)CC(=O)N(C)C. The maximum absolute atomic E-state index is 13.3.